The predicted octanol–water partition coefficient (Wildman–Crippen LogP) is 2.76. The number of hydrogen-bond acceptors (Lipinski definition) is 4. The summed E-state index contributed by atoms with van der Waals surface area (Å²) in [5, 5.41) is 10.4. The molecule has 0 saturated carbocycles. The Labute approximate surface area is 138 Å². The molecule has 1 aromatic carbocycles. The molecule has 1 aromatic heterocycles. The van der Waals surface area contributed by atoms with Crippen molar-refractivity contribution in [3.8, 4) is 0 Å². The van der Waals surface area contributed by atoms with Crippen molar-refractivity contribution in [1.29, 1.82) is 0 Å². The molecule has 0 spiro atoms. The molecule has 2 aromatic rings. The number of halogens is 2. The fraction of sp³-hybridized carbons (Fsp3) is 0.400. The van der Waals surface area contributed by atoms with Crippen LogP contribution in [-0.2, 0) is 21.8 Å². The molecular formula is C15H16Cl2N2O3. The van der Waals surface area contributed by atoms with Crippen LogP contribution in [0.4, 0.5) is 0 Å². The summed E-state index contributed by atoms with van der Waals surface area (Å²) >= 11 is 12.3. The summed E-state index contributed by atoms with van der Waals surface area (Å²) in [6.07, 6.45) is 3.17. The minimum absolute atomic E-state index is 0.115. The minimum Gasteiger partial charge on any atom is -0.394 e. The average Bonchev–Trinajstić information content (AvgIpc) is 3.07. The number of aliphatic hydroxyl groups excluding tert-OH is 1. The standard InChI is InChI=1S/C15H16Cl2N2O3/c1-10-18-4-5-19(10)9-15(21-8-12(7-20)22-15)13-3-2-11(16)6-14(13)17/h2-6,12,20H,7-9H2,1H3/t12-,15-/m1/s1. The van der Waals surface area contributed by atoms with Gasteiger partial charge in [-0.2, -0.15) is 0 Å². The molecule has 22 heavy (non-hydrogen) atoms. The van der Waals surface area contributed by atoms with Crippen LogP contribution in [0.3, 0.4) is 0 Å². The first-order valence-electron chi connectivity index (χ1n) is 6.90. The average molecular weight is 343 g/mol. The van der Waals surface area contributed by atoms with E-state index >= 15 is 0 Å². The number of ether oxygens (including phenoxy) is 2. The SMILES string of the molecule is Cc1nccn1C[C@@]1(c2ccc(Cl)cc2Cl)OC[C@@H](CO)O1. The molecule has 3 rings (SSSR count). The van der Waals surface area contributed by atoms with E-state index in [-0.39, 0.29) is 6.61 Å². The van der Waals surface area contributed by atoms with Crippen molar-refractivity contribution in [2.45, 2.75) is 25.4 Å². The number of aromatic nitrogens is 2. The molecule has 1 saturated heterocycles. The van der Waals surface area contributed by atoms with Crippen LogP contribution >= 0.6 is 23.2 Å². The maximum absolute atomic E-state index is 9.36. The van der Waals surface area contributed by atoms with Crippen molar-refractivity contribution in [2.75, 3.05) is 13.2 Å². The molecule has 1 N–H and O–H groups in total. The van der Waals surface area contributed by atoms with Crippen molar-refractivity contribution in [2.24, 2.45) is 0 Å². The molecule has 0 amide bonds. The summed E-state index contributed by atoms with van der Waals surface area (Å²) in [4.78, 5) is 4.21. The largest absolute Gasteiger partial charge is 0.394 e. The van der Waals surface area contributed by atoms with E-state index in [1.165, 1.54) is 0 Å². The third kappa shape index (κ3) is 2.87. The van der Waals surface area contributed by atoms with Crippen LogP contribution in [0.25, 0.3) is 0 Å². The molecule has 1 aliphatic rings. The summed E-state index contributed by atoms with van der Waals surface area (Å²) in [5.74, 6) is -0.232. The quantitative estimate of drug-likeness (QED) is 0.928. The van der Waals surface area contributed by atoms with Crippen molar-refractivity contribution in [3.63, 3.8) is 0 Å². The monoisotopic (exact) mass is 342 g/mol. The zero-order valence-corrected chi connectivity index (χ0v) is 13.5. The first kappa shape index (κ1) is 15.8. The Morgan fingerprint density at radius 1 is 1.45 bits per heavy atom. The second-order valence-electron chi connectivity index (χ2n) is 5.21. The second-order valence-corrected chi connectivity index (χ2v) is 6.06. The molecule has 0 bridgehead atoms. The Bertz CT molecular complexity index is 677. The number of benzene rings is 1. The van der Waals surface area contributed by atoms with Gasteiger partial charge >= 0.3 is 0 Å². The van der Waals surface area contributed by atoms with Crippen LogP contribution in [0.2, 0.25) is 10.0 Å². The smallest absolute Gasteiger partial charge is 0.215 e. The Hall–Kier alpha value is -1.11. The number of imidazole rings is 1. The highest BCUT2D eigenvalue weighted by molar-refractivity contribution is 6.35. The van der Waals surface area contributed by atoms with Gasteiger partial charge in [-0.25, -0.2) is 4.98 Å². The first-order chi connectivity index (χ1) is 10.5. The zero-order valence-electron chi connectivity index (χ0n) is 12.0. The summed E-state index contributed by atoms with van der Waals surface area (Å²) < 4.78 is 13.8. The zero-order chi connectivity index (χ0) is 15.7. The molecule has 0 radical (unpaired) electrons. The van der Waals surface area contributed by atoms with Crippen LogP contribution in [0, 0.1) is 6.92 Å². The van der Waals surface area contributed by atoms with Gasteiger partial charge in [-0.1, -0.05) is 29.3 Å². The van der Waals surface area contributed by atoms with Crippen molar-refractivity contribution >= 4 is 23.2 Å². The molecule has 1 fully saturated rings. The minimum atomic E-state index is -1.07. The lowest BCUT2D eigenvalue weighted by atomic mass is 10.1. The Morgan fingerprint density at radius 2 is 2.27 bits per heavy atom. The van der Waals surface area contributed by atoms with Gasteiger partial charge in [0.15, 0.2) is 0 Å². The highest BCUT2D eigenvalue weighted by Crippen LogP contribution is 2.40. The Kier molecular flexibility index (Phi) is 4.43. The van der Waals surface area contributed by atoms with Crippen molar-refractivity contribution in [3.05, 3.63) is 52.0 Å². The summed E-state index contributed by atoms with van der Waals surface area (Å²) in [6, 6.07) is 5.18. The highest BCUT2D eigenvalue weighted by Gasteiger charge is 2.45. The van der Waals surface area contributed by atoms with E-state index in [1.807, 2.05) is 17.7 Å². The van der Waals surface area contributed by atoms with Crippen molar-refractivity contribution < 1.29 is 14.6 Å². The number of nitrogens with zero attached hydrogens (tertiary/aromatic N) is 2. The van der Waals surface area contributed by atoms with E-state index in [0.29, 0.717) is 28.8 Å². The van der Waals surface area contributed by atoms with Gasteiger partial charge in [0.25, 0.3) is 0 Å². The maximum atomic E-state index is 9.36. The van der Waals surface area contributed by atoms with Gasteiger partial charge in [0.05, 0.1) is 24.8 Å². The molecular weight excluding hydrogens is 327 g/mol. The van der Waals surface area contributed by atoms with Gasteiger partial charge in [-0.15, -0.1) is 0 Å². The van der Waals surface area contributed by atoms with Gasteiger partial charge in [0, 0.05) is 23.0 Å². The molecule has 1 aliphatic heterocycles. The molecule has 2 heterocycles. The molecule has 7 heteroatoms. The van der Waals surface area contributed by atoms with Crippen LogP contribution in [0.15, 0.2) is 30.6 Å². The van der Waals surface area contributed by atoms with Gasteiger partial charge in [0.2, 0.25) is 5.79 Å². The molecule has 0 aliphatic carbocycles. The lowest BCUT2D eigenvalue weighted by Crippen LogP contribution is -2.34. The van der Waals surface area contributed by atoms with Gasteiger partial charge < -0.3 is 19.1 Å². The topological polar surface area (TPSA) is 56.5 Å². The molecule has 2 atom stereocenters. The van der Waals surface area contributed by atoms with E-state index in [2.05, 4.69) is 4.98 Å². The fourth-order valence-corrected chi connectivity index (χ4v) is 3.11. The highest BCUT2D eigenvalue weighted by atomic mass is 35.5. The van der Waals surface area contributed by atoms with Gasteiger partial charge in [-0.05, 0) is 19.1 Å². The maximum Gasteiger partial charge on any atom is 0.215 e. The Morgan fingerprint density at radius 3 is 2.86 bits per heavy atom. The second kappa shape index (κ2) is 6.18. The van der Waals surface area contributed by atoms with Crippen LogP contribution in [0.1, 0.15) is 11.4 Å². The van der Waals surface area contributed by atoms with Crippen molar-refractivity contribution in [1.82, 2.24) is 9.55 Å². The fourth-order valence-electron chi connectivity index (χ4n) is 2.56. The summed E-state index contributed by atoms with van der Waals surface area (Å²) in [5.41, 5.74) is 0.683. The first-order valence-corrected chi connectivity index (χ1v) is 7.65. The van der Waals surface area contributed by atoms with E-state index in [9.17, 15) is 5.11 Å². The Balaban J connectivity index is 2.02. The lowest BCUT2D eigenvalue weighted by Gasteiger charge is -2.30. The number of hydrogen-bond donors (Lipinski definition) is 1. The lowest BCUT2D eigenvalue weighted by molar-refractivity contribution is -0.190. The van der Waals surface area contributed by atoms with Gasteiger partial charge in [-0.3, -0.25) is 0 Å². The number of rotatable bonds is 4. The van der Waals surface area contributed by atoms with E-state index in [0.717, 1.165) is 5.82 Å². The molecule has 0 unspecified atom stereocenters. The third-order valence-electron chi connectivity index (χ3n) is 3.71. The summed E-state index contributed by atoms with van der Waals surface area (Å²) in [6.45, 7) is 2.46. The van der Waals surface area contributed by atoms with E-state index in [4.69, 9.17) is 32.7 Å². The van der Waals surface area contributed by atoms with E-state index in [1.54, 1.807) is 24.4 Å². The normalized spacial score (nSPS) is 24.8. The third-order valence-corrected chi connectivity index (χ3v) is 4.25. The number of aliphatic hydroxyl groups is 1. The predicted molar refractivity (Wildman–Crippen MR) is 83.0 cm³/mol. The molecule has 118 valence electrons. The van der Waals surface area contributed by atoms with E-state index < -0.39 is 11.9 Å². The number of aryl methyl sites for hydroxylation is 1. The van der Waals surface area contributed by atoms with Gasteiger partial charge in [0.1, 0.15) is 11.9 Å². The summed E-state index contributed by atoms with van der Waals surface area (Å²) in [7, 11) is 0. The van der Waals surface area contributed by atoms with Crippen LogP contribution in [0.5, 0.6) is 0 Å². The molecule has 5 nitrogen and oxygen atoms in total. The van der Waals surface area contributed by atoms with Crippen LogP contribution in [-0.4, -0.2) is 34.0 Å². The van der Waals surface area contributed by atoms with Crippen LogP contribution < -0.4 is 0 Å².